The zero-order chi connectivity index (χ0) is 24.2. The van der Waals surface area contributed by atoms with E-state index >= 15 is 0 Å². The van der Waals surface area contributed by atoms with Crippen LogP contribution in [0.3, 0.4) is 0 Å². The Bertz CT molecular complexity index is 831. The monoisotopic (exact) mass is 470 g/mol. The molecule has 2 rings (SSSR count). The molecule has 0 aliphatic carbocycles. The van der Waals surface area contributed by atoms with Crippen LogP contribution < -0.4 is 11.5 Å². The number of alkyl halides is 12. The van der Waals surface area contributed by atoms with E-state index in [9.17, 15) is 52.7 Å². The van der Waals surface area contributed by atoms with Crippen LogP contribution in [0.5, 0.6) is 0 Å². The SMILES string of the molecule is Nc1cc(C(F)(F)F)c(Cc2c(C(F)(F)F)cc(N)cc2C(F)(F)F)c(C(F)(F)F)c1. The highest BCUT2D eigenvalue weighted by molar-refractivity contribution is 5.57. The van der Waals surface area contributed by atoms with E-state index in [4.69, 9.17) is 11.5 Å². The molecule has 0 heterocycles. The van der Waals surface area contributed by atoms with Crippen molar-refractivity contribution < 1.29 is 52.7 Å². The number of anilines is 2. The van der Waals surface area contributed by atoms with Crippen LogP contribution in [0.2, 0.25) is 0 Å². The van der Waals surface area contributed by atoms with Crippen LogP contribution in [0.15, 0.2) is 24.3 Å². The molecule has 4 N–H and O–H groups in total. The summed E-state index contributed by atoms with van der Waals surface area (Å²) in [4.78, 5) is 0. The smallest absolute Gasteiger partial charge is 0.399 e. The largest absolute Gasteiger partial charge is 0.416 e. The minimum atomic E-state index is -5.56. The molecule has 0 fully saturated rings. The maximum atomic E-state index is 13.3. The second kappa shape index (κ2) is 7.41. The van der Waals surface area contributed by atoms with Crippen LogP contribution in [0.25, 0.3) is 0 Å². The lowest BCUT2D eigenvalue weighted by Crippen LogP contribution is -2.22. The highest BCUT2D eigenvalue weighted by Crippen LogP contribution is 2.46. The van der Waals surface area contributed by atoms with Crippen molar-refractivity contribution in [2.24, 2.45) is 0 Å². The number of hydrogen-bond acceptors (Lipinski definition) is 2. The molecule has 0 aromatic heterocycles. The van der Waals surface area contributed by atoms with E-state index < -0.39 is 75.9 Å². The van der Waals surface area contributed by atoms with Crippen molar-refractivity contribution in [3.8, 4) is 0 Å². The molecule has 0 bridgehead atoms. The number of benzene rings is 2. The lowest BCUT2D eigenvalue weighted by molar-refractivity contribution is -0.144. The Morgan fingerprint density at radius 1 is 0.452 bits per heavy atom. The molecule has 0 radical (unpaired) electrons. The van der Waals surface area contributed by atoms with Crippen LogP contribution in [0.4, 0.5) is 64.1 Å². The number of halogens is 12. The van der Waals surface area contributed by atoms with Gasteiger partial charge in [0.05, 0.1) is 22.3 Å². The summed E-state index contributed by atoms with van der Waals surface area (Å²) in [6, 6.07) is 0.00952. The normalized spacial score (nSPS) is 13.5. The van der Waals surface area contributed by atoms with Crippen LogP contribution in [0, 0.1) is 0 Å². The van der Waals surface area contributed by atoms with Gasteiger partial charge in [-0.15, -0.1) is 0 Å². The first kappa shape index (κ1) is 24.5. The second-order valence-electron chi connectivity index (χ2n) is 6.36. The van der Waals surface area contributed by atoms with Crippen LogP contribution >= 0.6 is 0 Å². The maximum absolute atomic E-state index is 13.3. The van der Waals surface area contributed by atoms with Gasteiger partial charge in [0.25, 0.3) is 0 Å². The predicted octanol–water partition coefficient (Wildman–Crippen LogP) is 6.52. The summed E-state index contributed by atoms with van der Waals surface area (Å²) < 4.78 is 160. The Kier molecular flexibility index (Phi) is 5.85. The number of rotatable bonds is 2. The fraction of sp³-hybridized carbons (Fsp3) is 0.294. The summed E-state index contributed by atoms with van der Waals surface area (Å²) in [6.45, 7) is 0. The van der Waals surface area contributed by atoms with Gasteiger partial charge in [0.2, 0.25) is 0 Å². The summed E-state index contributed by atoms with van der Waals surface area (Å²) in [7, 11) is 0. The van der Waals surface area contributed by atoms with Gasteiger partial charge in [0, 0.05) is 11.4 Å². The molecule has 31 heavy (non-hydrogen) atoms. The van der Waals surface area contributed by atoms with Crippen molar-refractivity contribution in [1.82, 2.24) is 0 Å². The summed E-state index contributed by atoms with van der Waals surface area (Å²) in [5.74, 6) is 0. The van der Waals surface area contributed by atoms with Gasteiger partial charge in [-0.25, -0.2) is 0 Å². The van der Waals surface area contributed by atoms with Crippen molar-refractivity contribution in [3.05, 3.63) is 57.6 Å². The average Bonchev–Trinajstić information content (AvgIpc) is 2.53. The van der Waals surface area contributed by atoms with Crippen LogP contribution in [-0.2, 0) is 31.1 Å². The van der Waals surface area contributed by atoms with Gasteiger partial charge in [-0.3, -0.25) is 0 Å². The van der Waals surface area contributed by atoms with Gasteiger partial charge in [-0.1, -0.05) is 0 Å². The van der Waals surface area contributed by atoms with Gasteiger partial charge in [-0.05, 0) is 41.8 Å². The van der Waals surface area contributed by atoms with Crippen molar-refractivity contribution in [1.29, 1.82) is 0 Å². The predicted molar refractivity (Wildman–Crippen MR) is 84.5 cm³/mol. The molecule has 0 amide bonds. The molecule has 0 saturated carbocycles. The minimum absolute atomic E-state index is 0.00238. The quantitative estimate of drug-likeness (QED) is 0.388. The maximum Gasteiger partial charge on any atom is 0.416 e. The summed E-state index contributed by atoms with van der Waals surface area (Å²) >= 11 is 0. The first-order valence-electron chi connectivity index (χ1n) is 7.86. The lowest BCUT2D eigenvalue weighted by atomic mass is 9.88. The topological polar surface area (TPSA) is 52.0 Å². The molecule has 172 valence electrons. The standard InChI is InChI=1S/C17H10F12N2/c18-14(19,20)10-1-6(30)2-11(15(21,22)23)8(10)5-9-12(16(24,25)26)3-7(31)4-13(9)17(27,28)29/h1-4H,5,30-31H2. The number of hydrogen-bond donors (Lipinski definition) is 2. The van der Waals surface area contributed by atoms with Gasteiger partial charge in [-0.2, -0.15) is 52.7 Å². The van der Waals surface area contributed by atoms with E-state index in [2.05, 4.69) is 0 Å². The van der Waals surface area contributed by atoms with Crippen molar-refractivity contribution in [2.45, 2.75) is 31.1 Å². The molecule has 2 nitrogen and oxygen atoms in total. The van der Waals surface area contributed by atoms with Gasteiger partial charge in [0.1, 0.15) is 0 Å². The molecule has 0 saturated heterocycles. The van der Waals surface area contributed by atoms with E-state index in [1.807, 2.05) is 0 Å². The third-order valence-electron chi connectivity index (χ3n) is 4.12. The lowest BCUT2D eigenvalue weighted by Gasteiger charge is -2.24. The molecule has 2 aromatic carbocycles. The Balaban J connectivity index is 2.98. The Morgan fingerprint density at radius 2 is 0.645 bits per heavy atom. The Hall–Kier alpha value is -2.80. The van der Waals surface area contributed by atoms with E-state index in [1.54, 1.807) is 0 Å². The molecule has 0 atom stereocenters. The highest BCUT2D eigenvalue weighted by Gasteiger charge is 2.45. The second-order valence-corrected chi connectivity index (χ2v) is 6.36. The summed E-state index contributed by atoms with van der Waals surface area (Å²) in [5.41, 5.74) is -4.08. The fourth-order valence-corrected chi connectivity index (χ4v) is 2.96. The molecule has 14 heteroatoms. The van der Waals surface area contributed by atoms with Gasteiger partial charge >= 0.3 is 24.7 Å². The first-order valence-corrected chi connectivity index (χ1v) is 7.86. The van der Waals surface area contributed by atoms with Crippen molar-refractivity contribution in [3.63, 3.8) is 0 Å². The van der Waals surface area contributed by atoms with E-state index in [-0.39, 0.29) is 24.3 Å². The van der Waals surface area contributed by atoms with E-state index in [0.29, 0.717) is 0 Å². The zero-order valence-corrected chi connectivity index (χ0v) is 14.7. The van der Waals surface area contributed by atoms with E-state index in [1.165, 1.54) is 0 Å². The molecule has 0 aliphatic heterocycles. The van der Waals surface area contributed by atoms with E-state index in [0.717, 1.165) is 0 Å². The third-order valence-corrected chi connectivity index (χ3v) is 4.12. The minimum Gasteiger partial charge on any atom is -0.399 e. The average molecular weight is 470 g/mol. The molecule has 0 spiro atoms. The first-order chi connectivity index (χ1) is 13.7. The molecule has 0 unspecified atom stereocenters. The number of nitrogen functional groups attached to an aromatic ring is 2. The van der Waals surface area contributed by atoms with Crippen molar-refractivity contribution >= 4 is 11.4 Å². The zero-order valence-electron chi connectivity index (χ0n) is 14.7. The van der Waals surface area contributed by atoms with Crippen molar-refractivity contribution in [2.75, 3.05) is 11.5 Å². The van der Waals surface area contributed by atoms with Crippen LogP contribution in [0.1, 0.15) is 33.4 Å². The highest BCUT2D eigenvalue weighted by atomic mass is 19.4. The van der Waals surface area contributed by atoms with Gasteiger partial charge < -0.3 is 11.5 Å². The van der Waals surface area contributed by atoms with Gasteiger partial charge in [0.15, 0.2) is 0 Å². The summed E-state index contributed by atoms with van der Waals surface area (Å²) in [6.07, 6.45) is -24.2. The molecule has 0 aliphatic rings. The molecular weight excluding hydrogens is 460 g/mol. The third kappa shape index (κ3) is 5.28. The molecule has 2 aromatic rings. The Morgan fingerprint density at radius 3 is 0.806 bits per heavy atom. The van der Waals surface area contributed by atoms with Crippen LogP contribution in [-0.4, -0.2) is 0 Å². The molecular formula is C17H10F12N2. The summed E-state index contributed by atoms with van der Waals surface area (Å²) in [5, 5.41) is 0. The number of nitrogens with two attached hydrogens (primary N) is 2. The Labute approximate surface area is 165 Å². The fourth-order valence-electron chi connectivity index (χ4n) is 2.96.